The third-order valence-electron chi connectivity index (χ3n) is 9.15. The van der Waals surface area contributed by atoms with E-state index >= 15 is 0 Å². The Hall–Kier alpha value is -5.82. The predicted octanol–water partition coefficient (Wildman–Crippen LogP) is 1.82. The van der Waals surface area contributed by atoms with E-state index in [4.69, 9.17) is 47.4 Å². The minimum absolute atomic E-state index is 0.277. The number of para-hydroxylation sites is 1. The first-order valence-electron chi connectivity index (χ1n) is 19.2. The maximum atomic E-state index is 14.2. The molecule has 2 fully saturated rings. The number of amides is 1. The summed E-state index contributed by atoms with van der Waals surface area (Å²) in [5.74, 6) is -7.09. The van der Waals surface area contributed by atoms with Gasteiger partial charge in [0.2, 0.25) is 12.2 Å². The van der Waals surface area contributed by atoms with Crippen molar-refractivity contribution < 1.29 is 94.1 Å². The molecule has 10 atom stereocenters. The van der Waals surface area contributed by atoms with Crippen LogP contribution in [0.4, 0.5) is 11.4 Å². The van der Waals surface area contributed by atoms with Crippen molar-refractivity contribution in [3.8, 4) is 0 Å². The van der Waals surface area contributed by atoms with E-state index in [9.17, 15) is 46.8 Å². The van der Waals surface area contributed by atoms with E-state index in [0.717, 1.165) is 48.5 Å². The van der Waals surface area contributed by atoms with Gasteiger partial charge in [-0.1, -0.05) is 18.2 Å². The molecule has 2 aromatic carbocycles. The van der Waals surface area contributed by atoms with E-state index in [-0.39, 0.29) is 21.8 Å². The second kappa shape index (κ2) is 21.7. The third kappa shape index (κ3) is 12.9. The molecule has 2 heterocycles. The largest absolute Gasteiger partial charge is 0.463 e. The number of rotatable bonds is 16. The molecular weight excluding hydrogens is 893 g/mol. The molecule has 2 aliphatic rings. The molecule has 350 valence electrons. The Labute approximate surface area is 372 Å². The van der Waals surface area contributed by atoms with Crippen LogP contribution < -0.4 is 10.0 Å². The van der Waals surface area contributed by atoms with Gasteiger partial charge in [-0.15, -0.1) is 12.6 Å². The van der Waals surface area contributed by atoms with Crippen molar-refractivity contribution in [1.82, 2.24) is 0 Å². The monoisotopic (exact) mass is 940 g/mol. The lowest BCUT2D eigenvalue weighted by Crippen LogP contribution is -2.70. The average molecular weight is 941 g/mol. The molecule has 2 aromatic rings. The zero-order valence-corrected chi connectivity index (χ0v) is 37.5. The van der Waals surface area contributed by atoms with Gasteiger partial charge in [0.25, 0.3) is 10.0 Å². The number of sulfonamides is 1. The Morgan fingerprint density at radius 1 is 0.625 bits per heavy atom. The molecule has 24 heteroatoms. The van der Waals surface area contributed by atoms with Gasteiger partial charge in [-0.2, -0.15) is 0 Å². The van der Waals surface area contributed by atoms with Crippen LogP contribution in [0.2, 0.25) is 0 Å². The van der Waals surface area contributed by atoms with Gasteiger partial charge in [-0.25, -0.2) is 8.42 Å². The van der Waals surface area contributed by atoms with Crippen molar-refractivity contribution in [2.24, 2.45) is 0 Å². The Balaban J connectivity index is 2.12. The van der Waals surface area contributed by atoms with E-state index in [1.165, 1.54) is 55.5 Å². The molecule has 4 rings (SSSR count). The third-order valence-corrected chi connectivity index (χ3v) is 11.0. The summed E-state index contributed by atoms with van der Waals surface area (Å²) in [6.45, 7) is 6.80. The fourth-order valence-electron chi connectivity index (χ4n) is 6.97. The predicted molar refractivity (Wildman–Crippen MR) is 218 cm³/mol. The van der Waals surface area contributed by atoms with Crippen molar-refractivity contribution in [3.05, 3.63) is 54.1 Å². The van der Waals surface area contributed by atoms with E-state index in [1.807, 2.05) is 0 Å². The highest BCUT2D eigenvalue weighted by atomic mass is 32.2. The van der Waals surface area contributed by atoms with Crippen LogP contribution in [-0.2, 0) is 101 Å². The quantitative estimate of drug-likeness (QED) is 0.123. The van der Waals surface area contributed by atoms with E-state index in [2.05, 4.69) is 22.7 Å². The Bertz CT molecular complexity index is 2200. The van der Waals surface area contributed by atoms with Crippen LogP contribution in [-0.4, -0.2) is 124 Å². The van der Waals surface area contributed by atoms with Gasteiger partial charge in [0, 0.05) is 66.6 Å². The van der Waals surface area contributed by atoms with Gasteiger partial charge < -0.3 is 52.7 Å². The number of benzene rings is 2. The van der Waals surface area contributed by atoms with Gasteiger partial charge in [0.05, 0.1) is 10.6 Å². The van der Waals surface area contributed by atoms with Crippen LogP contribution in [0.3, 0.4) is 0 Å². The lowest BCUT2D eigenvalue weighted by molar-refractivity contribution is -0.374. The van der Waals surface area contributed by atoms with Crippen molar-refractivity contribution in [2.75, 3.05) is 23.3 Å². The van der Waals surface area contributed by atoms with Crippen molar-refractivity contribution in [1.29, 1.82) is 0 Å². The summed E-state index contributed by atoms with van der Waals surface area (Å²) in [4.78, 5) is 99.9. The van der Waals surface area contributed by atoms with Crippen molar-refractivity contribution in [3.63, 3.8) is 0 Å². The van der Waals surface area contributed by atoms with E-state index < -0.39 is 131 Å². The van der Waals surface area contributed by atoms with E-state index in [0.29, 0.717) is 0 Å². The van der Waals surface area contributed by atoms with Crippen LogP contribution in [0.25, 0.3) is 0 Å². The second-order valence-corrected chi connectivity index (χ2v) is 16.4. The number of carbonyl (C=O) groups excluding carboxylic acids is 8. The minimum atomic E-state index is -4.61. The van der Waals surface area contributed by atoms with Gasteiger partial charge in [-0.05, 0) is 30.3 Å². The molecule has 0 aromatic heterocycles. The molecule has 2 aliphatic heterocycles. The lowest BCUT2D eigenvalue weighted by atomic mass is 9.77. The number of carbonyl (C=O) groups is 8. The summed E-state index contributed by atoms with van der Waals surface area (Å²) in [5, 5.41) is 2.53. The molecule has 1 amide bonds. The number of hydrogen-bond donors (Lipinski definition) is 3. The minimum Gasteiger partial charge on any atom is -0.463 e. The van der Waals surface area contributed by atoms with Crippen LogP contribution >= 0.6 is 12.6 Å². The molecule has 2 saturated heterocycles. The van der Waals surface area contributed by atoms with Crippen LogP contribution in [0.15, 0.2) is 53.4 Å². The molecule has 2 N–H and O–H groups in total. The maximum absolute atomic E-state index is 14.2. The molecule has 0 spiro atoms. The standard InChI is InChI=1S/C40H48N2O20S2/c1-19(43)41-27-13-15-28(16-14-27)64(51,52)42-30-12-10-9-11-29(30)40(32(18-54-21(3)45)61-39(63)36(58-25(7)49)37(40)59-26(8)50)62-38-35(57-24(6)48)34(56-23(5)47)33(55-22(4)46)31(60-38)17-53-20(2)44/h9-16,31-39,42,63H,17-18H2,1-8H3,(H,41,43)/t31-,32-,33-,34+,35-,36-,37-,38-,39+,40-/m1/s1. The fourth-order valence-corrected chi connectivity index (χ4v) is 8.41. The highest BCUT2D eigenvalue weighted by Gasteiger charge is 2.65. The Kier molecular flexibility index (Phi) is 17.2. The van der Waals surface area contributed by atoms with Crippen LogP contribution in [0, 0.1) is 0 Å². The number of nitrogens with one attached hydrogen (secondary N) is 2. The number of esters is 7. The van der Waals surface area contributed by atoms with Gasteiger partial charge in [-0.3, -0.25) is 43.1 Å². The summed E-state index contributed by atoms with van der Waals surface area (Å²) in [6.07, 6.45) is -14.7. The first-order chi connectivity index (χ1) is 29.9. The maximum Gasteiger partial charge on any atom is 0.303 e. The fraction of sp³-hybridized carbons (Fsp3) is 0.500. The molecule has 0 aliphatic carbocycles. The normalized spacial score (nSPS) is 26.5. The zero-order valence-electron chi connectivity index (χ0n) is 35.7. The topological polar surface area (TPSA) is 287 Å². The smallest absolute Gasteiger partial charge is 0.303 e. The first-order valence-corrected chi connectivity index (χ1v) is 21.2. The van der Waals surface area contributed by atoms with Crippen LogP contribution in [0.5, 0.6) is 0 Å². The first kappa shape index (κ1) is 50.8. The van der Waals surface area contributed by atoms with Gasteiger partial charge in [0.15, 0.2) is 36.1 Å². The number of ether oxygens (including phenoxy) is 10. The van der Waals surface area contributed by atoms with Crippen molar-refractivity contribution >= 4 is 81.7 Å². The number of hydrogen-bond acceptors (Lipinski definition) is 21. The zero-order chi connectivity index (χ0) is 47.7. The van der Waals surface area contributed by atoms with Gasteiger partial charge in [0.1, 0.15) is 30.9 Å². The van der Waals surface area contributed by atoms with E-state index in [1.54, 1.807) is 0 Å². The number of thiol groups is 1. The molecule has 22 nitrogen and oxygen atoms in total. The Morgan fingerprint density at radius 2 is 1.14 bits per heavy atom. The number of anilines is 2. The highest BCUT2D eigenvalue weighted by molar-refractivity contribution is 7.92. The SMILES string of the molecule is CC(=O)Nc1ccc(S(=O)(=O)Nc2ccccc2[C@]2(O[C@H]3O[C@H](COC(C)=O)[C@@H](OC(C)=O)[C@H](OC(C)=O)[C@H]3OC(C)=O)[C@H](OC(C)=O)[C@@H](OC(C)=O)[C@H](S)O[C@@H]2COC(C)=O)cc1. The highest BCUT2D eigenvalue weighted by Crippen LogP contribution is 2.50. The Morgan fingerprint density at radius 3 is 1.69 bits per heavy atom. The van der Waals surface area contributed by atoms with Gasteiger partial charge >= 0.3 is 41.8 Å². The lowest BCUT2D eigenvalue weighted by Gasteiger charge is -2.54. The second-order valence-electron chi connectivity index (χ2n) is 14.3. The summed E-state index contributed by atoms with van der Waals surface area (Å²) in [5.41, 5.74) is -4.50. The molecular formula is C40H48N2O20S2. The molecule has 0 radical (unpaired) electrons. The summed E-state index contributed by atoms with van der Waals surface area (Å²) in [6, 6.07) is 10.4. The van der Waals surface area contributed by atoms with Crippen molar-refractivity contribution in [2.45, 2.75) is 120 Å². The summed E-state index contributed by atoms with van der Waals surface area (Å²) in [7, 11) is -4.61. The van der Waals surface area contributed by atoms with Crippen LogP contribution in [0.1, 0.15) is 61.0 Å². The molecule has 0 saturated carbocycles. The summed E-state index contributed by atoms with van der Waals surface area (Å²) >= 11 is 4.48. The molecule has 0 bridgehead atoms. The average Bonchev–Trinajstić information content (AvgIpc) is 3.17. The molecule has 0 unspecified atom stereocenters. The summed E-state index contributed by atoms with van der Waals surface area (Å²) < 4.78 is 89.2. The molecule has 64 heavy (non-hydrogen) atoms.